The van der Waals surface area contributed by atoms with E-state index in [1.165, 1.54) is 0 Å². The second-order valence-corrected chi connectivity index (χ2v) is 7.39. The number of aryl methyl sites for hydroxylation is 1. The van der Waals surface area contributed by atoms with Gasteiger partial charge in [0.2, 0.25) is 11.9 Å². The summed E-state index contributed by atoms with van der Waals surface area (Å²) in [7, 11) is 0. The van der Waals surface area contributed by atoms with Gasteiger partial charge in [-0.05, 0) is 50.5 Å². The second-order valence-electron chi connectivity index (χ2n) is 7.39. The van der Waals surface area contributed by atoms with Crippen molar-refractivity contribution in [2.75, 3.05) is 31.2 Å². The van der Waals surface area contributed by atoms with Gasteiger partial charge >= 0.3 is 0 Å². The van der Waals surface area contributed by atoms with Gasteiger partial charge in [-0.1, -0.05) is 6.07 Å². The van der Waals surface area contributed by atoms with Gasteiger partial charge in [-0.15, -0.1) is 0 Å². The van der Waals surface area contributed by atoms with Gasteiger partial charge in [-0.2, -0.15) is 0 Å². The van der Waals surface area contributed by atoms with Crippen molar-refractivity contribution >= 4 is 11.9 Å². The molecule has 0 unspecified atom stereocenters. The van der Waals surface area contributed by atoms with Crippen molar-refractivity contribution in [3.05, 3.63) is 41.7 Å². The third kappa shape index (κ3) is 4.03. The Labute approximate surface area is 165 Å². The number of nitrogens with zero attached hydrogens (tertiary/aromatic N) is 3. The molecular weight excluding hydrogens is 356 g/mol. The van der Waals surface area contributed by atoms with Crippen molar-refractivity contribution in [1.29, 1.82) is 0 Å². The van der Waals surface area contributed by atoms with Gasteiger partial charge in [-0.3, -0.25) is 4.79 Å². The summed E-state index contributed by atoms with van der Waals surface area (Å²) >= 11 is 0. The Morgan fingerprint density at radius 1 is 1.18 bits per heavy atom. The summed E-state index contributed by atoms with van der Waals surface area (Å²) in [5.41, 5.74) is 1.97. The van der Waals surface area contributed by atoms with Crippen molar-refractivity contribution in [3.8, 4) is 11.5 Å². The van der Waals surface area contributed by atoms with Crippen LogP contribution >= 0.6 is 0 Å². The molecule has 2 aliphatic heterocycles. The van der Waals surface area contributed by atoms with Gasteiger partial charge in [0.25, 0.3) is 0 Å². The zero-order valence-corrected chi connectivity index (χ0v) is 16.4. The summed E-state index contributed by atoms with van der Waals surface area (Å²) in [5, 5.41) is 3.15. The molecule has 7 heteroatoms. The molecule has 1 atom stereocenters. The first-order chi connectivity index (χ1) is 13.6. The van der Waals surface area contributed by atoms with Gasteiger partial charge in [0.15, 0.2) is 11.5 Å². The molecule has 0 saturated carbocycles. The number of hydrogen-bond acceptors (Lipinski definition) is 6. The first kappa shape index (κ1) is 18.5. The van der Waals surface area contributed by atoms with E-state index in [2.05, 4.69) is 20.2 Å². The first-order valence-corrected chi connectivity index (χ1v) is 9.84. The number of carbonyl (C=O) groups excluding carboxylic acids is 1. The predicted molar refractivity (Wildman–Crippen MR) is 106 cm³/mol. The molecule has 0 spiro atoms. The lowest BCUT2D eigenvalue weighted by Gasteiger charge is -2.32. The fourth-order valence-corrected chi connectivity index (χ4v) is 3.67. The molecule has 4 rings (SSSR count). The van der Waals surface area contributed by atoms with Gasteiger partial charge in [-0.25, -0.2) is 9.97 Å². The van der Waals surface area contributed by atoms with E-state index in [0.29, 0.717) is 13.2 Å². The summed E-state index contributed by atoms with van der Waals surface area (Å²) in [6.07, 6.45) is 3.39. The molecule has 2 aliphatic rings. The number of hydrogen-bond donors (Lipinski definition) is 1. The molecule has 0 bridgehead atoms. The zero-order chi connectivity index (χ0) is 19.5. The van der Waals surface area contributed by atoms with E-state index in [1.807, 2.05) is 38.1 Å². The molecule has 28 heavy (non-hydrogen) atoms. The highest BCUT2D eigenvalue weighted by Crippen LogP contribution is 2.32. The number of nitrogens with one attached hydrogen (secondary N) is 1. The van der Waals surface area contributed by atoms with Crippen molar-refractivity contribution in [2.24, 2.45) is 5.92 Å². The van der Waals surface area contributed by atoms with Crippen LogP contribution in [0.3, 0.4) is 0 Å². The average molecular weight is 382 g/mol. The number of amides is 1. The summed E-state index contributed by atoms with van der Waals surface area (Å²) in [5.74, 6) is 2.38. The van der Waals surface area contributed by atoms with E-state index in [-0.39, 0.29) is 17.9 Å². The third-order valence-electron chi connectivity index (χ3n) is 5.36. The highest BCUT2D eigenvalue weighted by molar-refractivity contribution is 5.79. The number of piperidine rings is 1. The van der Waals surface area contributed by atoms with Crippen LogP contribution in [0.5, 0.6) is 11.5 Å². The van der Waals surface area contributed by atoms with E-state index in [4.69, 9.17) is 9.47 Å². The van der Waals surface area contributed by atoms with Crippen LogP contribution in [0.2, 0.25) is 0 Å². The largest absolute Gasteiger partial charge is 0.486 e. The molecule has 3 heterocycles. The van der Waals surface area contributed by atoms with Crippen molar-refractivity contribution in [1.82, 2.24) is 15.3 Å². The number of ether oxygens (including phenoxy) is 2. The minimum atomic E-state index is -0.0820. The molecule has 0 radical (unpaired) electrons. The Hall–Kier alpha value is -2.83. The van der Waals surface area contributed by atoms with Crippen LogP contribution < -0.4 is 19.7 Å². The van der Waals surface area contributed by atoms with E-state index in [9.17, 15) is 4.79 Å². The summed E-state index contributed by atoms with van der Waals surface area (Å²) in [6.45, 7) is 6.68. The standard InChI is InChI=1S/C21H26N4O3/c1-14-5-8-22-21(23-14)25-9-6-16(7-10-25)20(26)24-15(2)17-3-4-18-19(13-17)28-12-11-27-18/h3-5,8,13,15-16H,6-7,9-12H2,1-2H3,(H,24,26)/t15-/m1/s1. The van der Waals surface area contributed by atoms with E-state index < -0.39 is 0 Å². The maximum atomic E-state index is 12.8. The predicted octanol–water partition coefficient (Wildman–Crippen LogP) is 2.65. The zero-order valence-electron chi connectivity index (χ0n) is 16.4. The molecule has 1 amide bonds. The molecule has 1 fully saturated rings. The molecule has 1 aromatic heterocycles. The fraction of sp³-hybridized carbons (Fsp3) is 0.476. The highest BCUT2D eigenvalue weighted by atomic mass is 16.6. The number of rotatable bonds is 4. The summed E-state index contributed by atoms with van der Waals surface area (Å²) < 4.78 is 11.2. The monoisotopic (exact) mass is 382 g/mol. The van der Waals surface area contributed by atoms with Gasteiger partial charge in [0, 0.05) is 30.9 Å². The SMILES string of the molecule is Cc1ccnc(N2CCC(C(=O)N[C@H](C)c3ccc4c(c3)OCCO4)CC2)n1. The minimum Gasteiger partial charge on any atom is -0.486 e. The first-order valence-electron chi connectivity index (χ1n) is 9.84. The average Bonchev–Trinajstić information content (AvgIpc) is 2.73. The Balaban J connectivity index is 1.33. The van der Waals surface area contributed by atoms with Crippen LogP contribution in [0, 0.1) is 12.8 Å². The van der Waals surface area contributed by atoms with Crippen LogP contribution in [0.4, 0.5) is 5.95 Å². The fourth-order valence-electron chi connectivity index (χ4n) is 3.67. The molecule has 1 saturated heterocycles. The Kier molecular flexibility index (Phi) is 5.32. The van der Waals surface area contributed by atoms with Crippen LogP contribution in [0.1, 0.15) is 37.1 Å². The normalized spacial score (nSPS) is 17.9. The van der Waals surface area contributed by atoms with Crippen LogP contribution in [0.25, 0.3) is 0 Å². The molecule has 7 nitrogen and oxygen atoms in total. The number of fused-ring (bicyclic) bond motifs is 1. The van der Waals surface area contributed by atoms with Crippen LogP contribution in [-0.4, -0.2) is 42.2 Å². The number of carbonyl (C=O) groups is 1. The molecule has 0 aliphatic carbocycles. The van der Waals surface area contributed by atoms with Crippen LogP contribution in [-0.2, 0) is 4.79 Å². The van der Waals surface area contributed by atoms with E-state index in [0.717, 1.165) is 54.6 Å². The van der Waals surface area contributed by atoms with Gasteiger partial charge < -0.3 is 19.7 Å². The van der Waals surface area contributed by atoms with Crippen molar-refractivity contribution < 1.29 is 14.3 Å². The molecule has 1 N–H and O–H groups in total. The summed E-state index contributed by atoms with van der Waals surface area (Å²) in [6, 6.07) is 7.66. The summed E-state index contributed by atoms with van der Waals surface area (Å²) in [4.78, 5) is 23.7. The molecule has 148 valence electrons. The van der Waals surface area contributed by atoms with Crippen molar-refractivity contribution in [3.63, 3.8) is 0 Å². The molecule has 2 aromatic rings. The lowest BCUT2D eigenvalue weighted by Crippen LogP contribution is -2.41. The number of benzene rings is 1. The van der Waals surface area contributed by atoms with E-state index >= 15 is 0 Å². The lowest BCUT2D eigenvalue weighted by molar-refractivity contribution is -0.126. The lowest BCUT2D eigenvalue weighted by atomic mass is 9.95. The quantitative estimate of drug-likeness (QED) is 0.876. The third-order valence-corrected chi connectivity index (χ3v) is 5.36. The number of anilines is 1. The smallest absolute Gasteiger partial charge is 0.225 e. The maximum Gasteiger partial charge on any atom is 0.225 e. The van der Waals surface area contributed by atoms with Crippen molar-refractivity contribution in [2.45, 2.75) is 32.7 Å². The molecular formula is C21H26N4O3. The topological polar surface area (TPSA) is 76.6 Å². The van der Waals surface area contributed by atoms with Gasteiger partial charge in [0.05, 0.1) is 6.04 Å². The Morgan fingerprint density at radius 2 is 1.93 bits per heavy atom. The van der Waals surface area contributed by atoms with Gasteiger partial charge in [0.1, 0.15) is 13.2 Å². The second kappa shape index (κ2) is 8.04. The number of aromatic nitrogens is 2. The minimum absolute atomic E-state index is 0.0146. The Morgan fingerprint density at radius 3 is 2.68 bits per heavy atom. The van der Waals surface area contributed by atoms with E-state index in [1.54, 1.807) is 6.20 Å². The van der Waals surface area contributed by atoms with Crippen LogP contribution in [0.15, 0.2) is 30.5 Å². The Bertz CT molecular complexity index is 849. The molecule has 1 aromatic carbocycles. The highest BCUT2D eigenvalue weighted by Gasteiger charge is 2.27. The maximum absolute atomic E-state index is 12.8.